The first-order chi connectivity index (χ1) is 13.6. The Hall–Kier alpha value is -2.01. The third-order valence-corrected chi connectivity index (χ3v) is 6.96. The van der Waals surface area contributed by atoms with Crippen molar-refractivity contribution in [3.63, 3.8) is 0 Å². The van der Waals surface area contributed by atoms with Gasteiger partial charge in [-0.25, -0.2) is 4.79 Å². The Balaban J connectivity index is 1.61. The first-order valence-corrected chi connectivity index (χ1v) is 10.9. The van der Waals surface area contributed by atoms with Gasteiger partial charge in [-0.1, -0.05) is 6.92 Å². The average Bonchev–Trinajstić information content (AvgIpc) is 3.05. The molecule has 1 N–H and O–H groups in total. The first-order valence-electron chi connectivity index (χ1n) is 10.9. The lowest BCUT2D eigenvalue weighted by atomic mass is 9.74. The number of esters is 1. The van der Waals surface area contributed by atoms with Crippen LogP contribution in [-0.2, 0) is 11.2 Å². The maximum absolute atomic E-state index is 12.8. The molecule has 2 saturated heterocycles. The Kier molecular flexibility index (Phi) is 4.38. The summed E-state index contributed by atoms with van der Waals surface area (Å²) in [5, 5.41) is 1.01. The van der Waals surface area contributed by atoms with E-state index >= 15 is 0 Å². The number of carbonyl (C=O) groups excluding carboxylic acids is 1. The van der Waals surface area contributed by atoms with Crippen molar-refractivity contribution < 1.29 is 14.3 Å². The van der Waals surface area contributed by atoms with Crippen molar-refractivity contribution in [1.82, 2.24) is 9.88 Å². The second-order valence-corrected chi connectivity index (χ2v) is 8.66. The number of ether oxygens (including phenoxy) is 2. The van der Waals surface area contributed by atoms with E-state index in [1.807, 2.05) is 13.8 Å². The standard InChI is InChI=1S/C23H30N2O3/c1-3-13-27-22(26)20-15(2)24-18-8-9-19-17(21(18)20)14-16-7-6-12-25-11-5-4-10-23(16,25)28-19/h8-9,16,24H,3-7,10-14H2,1-2H3. The van der Waals surface area contributed by atoms with Crippen molar-refractivity contribution >= 4 is 16.9 Å². The minimum Gasteiger partial charge on any atom is -0.472 e. The normalized spacial score (nSPS) is 26.9. The number of H-pyrrole nitrogens is 1. The molecule has 0 bridgehead atoms. The van der Waals surface area contributed by atoms with Crippen molar-refractivity contribution in [2.75, 3.05) is 19.7 Å². The van der Waals surface area contributed by atoms with Crippen LogP contribution in [0.5, 0.6) is 5.75 Å². The van der Waals surface area contributed by atoms with Crippen LogP contribution in [0.25, 0.3) is 10.9 Å². The largest absolute Gasteiger partial charge is 0.472 e. The average molecular weight is 383 g/mol. The fourth-order valence-corrected chi connectivity index (χ4v) is 5.73. The van der Waals surface area contributed by atoms with Gasteiger partial charge in [0.05, 0.1) is 12.2 Å². The van der Waals surface area contributed by atoms with E-state index in [1.54, 1.807) is 0 Å². The molecule has 0 amide bonds. The van der Waals surface area contributed by atoms with Crippen LogP contribution in [0.2, 0.25) is 0 Å². The highest BCUT2D eigenvalue weighted by molar-refractivity contribution is 6.07. The van der Waals surface area contributed by atoms with Gasteiger partial charge in [-0.3, -0.25) is 4.90 Å². The summed E-state index contributed by atoms with van der Waals surface area (Å²) in [6, 6.07) is 4.16. The second kappa shape index (κ2) is 6.80. The smallest absolute Gasteiger partial charge is 0.340 e. The quantitative estimate of drug-likeness (QED) is 0.790. The molecule has 5 rings (SSSR count). The van der Waals surface area contributed by atoms with Crippen molar-refractivity contribution in [3.05, 3.63) is 29.0 Å². The molecule has 2 aromatic rings. The van der Waals surface area contributed by atoms with Crippen LogP contribution < -0.4 is 4.74 Å². The summed E-state index contributed by atoms with van der Waals surface area (Å²) in [5.74, 6) is 1.23. The van der Waals surface area contributed by atoms with E-state index in [2.05, 4.69) is 22.0 Å². The van der Waals surface area contributed by atoms with Crippen molar-refractivity contribution in [2.24, 2.45) is 5.92 Å². The van der Waals surface area contributed by atoms with Crippen LogP contribution in [0.15, 0.2) is 12.1 Å². The number of hydrogen-bond donors (Lipinski definition) is 1. The number of aryl methyl sites for hydroxylation is 1. The molecular formula is C23H30N2O3. The second-order valence-electron chi connectivity index (χ2n) is 8.66. The highest BCUT2D eigenvalue weighted by Gasteiger charge is 2.52. The Morgan fingerprint density at radius 3 is 3.04 bits per heavy atom. The molecule has 1 spiro atoms. The van der Waals surface area contributed by atoms with Crippen molar-refractivity contribution in [1.29, 1.82) is 0 Å². The fourth-order valence-electron chi connectivity index (χ4n) is 5.73. The molecular weight excluding hydrogens is 352 g/mol. The molecule has 1 aromatic carbocycles. The number of benzene rings is 1. The van der Waals surface area contributed by atoms with Crippen molar-refractivity contribution in [2.45, 2.75) is 64.5 Å². The Morgan fingerprint density at radius 2 is 2.18 bits per heavy atom. The molecule has 4 heterocycles. The van der Waals surface area contributed by atoms with Crippen LogP contribution >= 0.6 is 0 Å². The lowest BCUT2D eigenvalue weighted by Gasteiger charge is -2.56. The molecule has 0 saturated carbocycles. The van der Waals surface area contributed by atoms with Crippen LogP contribution in [0, 0.1) is 12.8 Å². The number of fused-ring (bicyclic) bond motifs is 3. The number of piperidine rings is 2. The molecule has 2 atom stereocenters. The molecule has 2 fully saturated rings. The summed E-state index contributed by atoms with van der Waals surface area (Å²) in [7, 11) is 0. The molecule has 0 aliphatic carbocycles. The molecule has 1 aromatic heterocycles. The molecule has 3 aliphatic rings. The molecule has 5 nitrogen and oxygen atoms in total. The number of hydrogen-bond acceptors (Lipinski definition) is 4. The van der Waals surface area contributed by atoms with Crippen LogP contribution in [0.3, 0.4) is 0 Å². The Morgan fingerprint density at radius 1 is 1.32 bits per heavy atom. The minimum absolute atomic E-state index is 0.134. The number of aromatic nitrogens is 1. The molecule has 5 heteroatoms. The van der Waals surface area contributed by atoms with Gasteiger partial charge in [-0.2, -0.15) is 0 Å². The van der Waals surface area contributed by atoms with Gasteiger partial charge in [0.2, 0.25) is 0 Å². The Labute approximate surface area is 166 Å². The summed E-state index contributed by atoms with van der Waals surface area (Å²) in [5.41, 5.74) is 3.64. The number of rotatable bonds is 3. The predicted octanol–water partition coefficient (Wildman–Crippen LogP) is 4.57. The highest BCUT2D eigenvalue weighted by Crippen LogP contribution is 2.50. The monoisotopic (exact) mass is 382 g/mol. The molecule has 2 unspecified atom stereocenters. The first kappa shape index (κ1) is 18.0. The maximum Gasteiger partial charge on any atom is 0.340 e. The number of nitrogens with zero attached hydrogens (tertiary/aromatic N) is 1. The summed E-state index contributed by atoms with van der Waals surface area (Å²) < 4.78 is 12.3. The maximum atomic E-state index is 12.8. The number of nitrogens with one attached hydrogen (secondary N) is 1. The van der Waals surface area contributed by atoms with Gasteiger partial charge in [0.15, 0.2) is 5.72 Å². The van der Waals surface area contributed by atoms with E-state index < -0.39 is 0 Å². The zero-order valence-electron chi connectivity index (χ0n) is 17.0. The van der Waals surface area contributed by atoms with Crippen LogP contribution in [-0.4, -0.2) is 41.3 Å². The van der Waals surface area contributed by atoms with E-state index in [-0.39, 0.29) is 11.7 Å². The predicted molar refractivity (Wildman–Crippen MR) is 109 cm³/mol. The molecule has 28 heavy (non-hydrogen) atoms. The van der Waals surface area contributed by atoms with Crippen LogP contribution in [0.4, 0.5) is 0 Å². The molecule has 150 valence electrons. The Bertz CT molecular complexity index is 916. The van der Waals surface area contributed by atoms with Gasteiger partial charge in [0, 0.05) is 47.6 Å². The van der Waals surface area contributed by atoms with Crippen molar-refractivity contribution in [3.8, 4) is 5.75 Å². The van der Waals surface area contributed by atoms with E-state index in [1.165, 1.54) is 31.2 Å². The lowest BCUT2D eigenvalue weighted by molar-refractivity contribution is -0.177. The zero-order valence-corrected chi connectivity index (χ0v) is 17.0. The van der Waals surface area contributed by atoms with Gasteiger partial charge in [-0.05, 0) is 57.6 Å². The van der Waals surface area contributed by atoms with E-state index in [0.717, 1.165) is 54.7 Å². The van der Waals surface area contributed by atoms with E-state index in [9.17, 15) is 4.79 Å². The summed E-state index contributed by atoms with van der Waals surface area (Å²) in [4.78, 5) is 18.8. The fraction of sp³-hybridized carbons (Fsp3) is 0.609. The summed E-state index contributed by atoms with van der Waals surface area (Å²) in [6.07, 6.45) is 7.87. The van der Waals surface area contributed by atoms with Gasteiger partial charge in [0.25, 0.3) is 0 Å². The number of aromatic amines is 1. The molecule has 3 aliphatic heterocycles. The van der Waals surface area contributed by atoms with Gasteiger partial charge in [0.1, 0.15) is 5.75 Å². The highest BCUT2D eigenvalue weighted by atomic mass is 16.5. The third-order valence-electron chi connectivity index (χ3n) is 6.96. The van der Waals surface area contributed by atoms with E-state index in [0.29, 0.717) is 18.1 Å². The van der Waals surface area contributed by atoms with Crippen LogP contribution in [0.1, 0.15) is 67.1 Å². The topological polar surface area (TPSA) is 54.6 Å². The summed E-state index contributed by atoms with van der Waals surface area (Å²) in [6.45, 7) is 6.72. The zero-order chi connectivity index (χ0) is 19.3. The molecule has 0 radical (unpaired) electrons. The third kappa shape index (κ3) is 2.59. The lowest BCUT2D eigenvalue weighted by Crippen LogP contribution is -2.64. The minimum atomic E-state index is -0.220. The van der Waals surface area contributed by atoms with Gasteiger partial charge >= 0.3 is 5.97 Å². The van der Waals surface area contributed by atoms with Gasteiger partial charge < -0.3 is 14.5 Å². The summed E-state index contributed by atoms with van der Waals surface area (Å²) >= 11 is 0. The number of carbonyl (C=O) groups is 1. The van der Waals surface area contributed by atoms with E-state index in [4.69, 9.17) is 9.47 Å². The van der Waals surface area contributed by atoms with Gasteiger partial charge in [-0.15, -0.1) is 0 Å². The SMILES string of the molecule is CCCOC(=O)c1c(C)[nH]c2ccc3c(c12)CC1CCCN2CCCCC12O3.